The number of benzene rings is 1. The lowest BCUT2D eigenvalue weighted by molar-refractivity contribution is -0.127. The first-order chi connectivity index (χ1) is 16.6. The highest BCUT2D eigenvalue weighted by Gasteiger charge is 2.36. The molecule has 2 amide bonds. The molecule has 1 aliphatic rings. The molecule has 35 heavy (non-hydrogen) atoms. The monoisotopic (exact) mass is 522 g/mol. The van der Waals surface area contributed by atoms with Gasteiger partial charge in [-0.25, -0.2) is 13.4 Å². The average Bonchev–Trinajstić information content (AvgIpc) is 3.57. The minimum absolute atomic E-state index is 0.0267. The summed E-state index contributed by atoms with van der Waals surface area (Å²) >= 11 is 1.13. The molecule has 3 rings (SSSR count). The van der Waals surface area contributed by atoms with Crippen molar-refractivity contribution in [1.82, 2.24) is 19.9 Å². The van der Waals surface area contributed by atoms with Gasteiger partial charge >= 0.3 is 0 Å². The topological polar surface area (TPSA) is 129 Å². The van der Waals surface area contributed by atoms with E-state index in [4.69, 9.17) is 0 Å². The summed E-state index contributed by atoms with van der Waals surface area (Å²) < 4.78 is 28.6. The van der Waals surface area contributed by atoms with E-state index in [0.29, 0.717) is 23.7 Å². The van der Waals surface area contributed by atoms with Crippen LogP contribution in [0.1, 0.15) is 41.9 Å². The number of carbonyl (C=O) groups excluding carboxylic acids is 2. The minimum atomic E-state index is -3.86. The van der Waals surface area contributed by atoms with Crippen molar-refractivity contribution in [3.05, 3.63) is 46.6 Å². The molecule has 2 aromatic rings. The number of aromatic nitrogens is 1. The van der Waals surface area contributed by atoms with Crippen molar-refractivity contribution in [3.8, 4) is 0 Å². The normalized spacial score (nSPS) is 15.6. The summed E-state index contributed by atoms with van der Waals surface area (Å²) in [5, 5.41) is 17.2. The van der Waals surface area contributed by atoms with Crippen molar-refractivity contribution in [2.45, 2.75) is 62.3 Å². The molecule has 0 saturated heterocycles. The number of aliphatic hydroxyl groups excluding tert-OH is 1. The van der Waals surface area contributed by atoms with Crippen molar-refractivity contribution in [2.75, 3.05) is 20.1 Å². The van der Waals surface area contributed by atoms with Crippen LogP contribution in [0.4, 0.5) is 0 Å². The van der Waals surface area contributed by atoms with Gasteiger partial charge in [-0.15, -0.1) is 11.3 Å². The zero-order chi connectivity index (χ0) is 25.6. The Kier molecular flexibility index (Phi) is 9.40. The van der Waals surface area contributed by atoms with Gasteiger partial charge in [0, 0.05) is 33.0 Å². The van der Waals surface area contributed by atoms with Crippen LogP contribution in [0.2, 0.25) is 0 Å². The summed E-state index contributed by atoms with van der Waals surface area (Å²) in [5.74, 6) is -0.364. The van der Waals surface area contributed by atoms with Crippen LogP contribution in [0.25, 0.3) is 0 Å². The van der Waals surface area contributed by atoms with Crippen LogP contribution in [0.15, 0.2) is 34.5 Å². The second kappa shape index (κ2) is 12.1. The third-order valence-electron chi connectivity index (χ3n) is 5.95. The van der Waals surface area contributed by atoms with E-state index in [-0.39, 0.29) is 41.3 Å². The Morgan fingerprint density at radius 1 is 1.17 bits per heavy atom. The predicted octanol–water partition coefficient (Wildman–Crippen LogP) is 1.78. The maximum absolute atomic E-state index is 13.5. The highest BCUT2D eigenvalue weighted by molar-refractivity contribution is 7.91. The molecular formula is C24H34N4O5S2. The molecule has 1 aromatic carbocycles. The third-order valence-corrected chi connectivity index (χ3v) is 9.44. The zero-order valence-electron chi connectivity index (χ0n) is 20.4. The van der Waals surface area contributed by atoms with E-state index >= 15 is 0 Å². The summed E-state index contributed by atoms with van der Waals surface area (Å²) in [6.45, 7) is 3.61. The van der Waals surface area contributed by atoms with E-state index in [9.17, 15) is 23.1 Å². The molecule has 192 valence electrons. The maximum Gasteiger partial charge on any atom is 0.254 e. The fraction of sp³-hybridized carbons (Fsp3) is 0.542. The van der Waals surface area contributed by atoms with Gasteiger partial charge in [0.2, 0.25) is 11.8 Å². The minimum Gasteiger partial charge on any atom is -0.390 e. The number of amides is 2. The molecule has 0 aliphatic heterocycles. The fourth-order valence-electron chi connectivity index (χ4n) is 3.85. The van der Waals surface area contributed by atoms with E-state index in [1.807, 2.05) is 30.3 Å². The van der Waals surface area contributed by atoms with Crippen LogP contribution >= 0.6 is 11.3 Å². The molecule has 1 aromatic heterocycles. The average molecular weight is 523 g/mol. The van der Waals surface area contributed by atoms with E-state index in [0.717, 1.165) is 29.7 Å². The molecule has 0 spiro atoms. The first kappa shape index (κ1) is 27.3. The van der Waals surface area contributed by atoms with Gasteiger partial charge in [0.05, 0.1) is 22.8 Å². The number of thiazole rings is 1. The molecule has 0 bridgehead atoms. The standard InChI is InChI=1S/C24H34N4O5S2/c1-16-24(34-17(2)26-16)35(32,33)28(14-19-9-10-19)15-21(29)20(13-18-7-5-4-6-8-18)27-23(31)12-11-22(30)25-3/h4-8,19-21,29H,9-15H2,1-3H3,(H,25,30)(H,27,31)/t20-,21+/m0/s1. The lowest BCUT2D eigenvalue weighted by Crippen LogP contribution is -2.51. The molecule has 1 fully saturated rings. The number of hydrogen-bond acceptors (Lipinski definition) is 7. The van der Waals surface area contributed by atoms with Crippen molar-refractivity contribution in [3.63, 3.8) is 0 Å². The number of aryl methyl sites for hydroxylation is 2. The van der Waals surface area contributed by atoms with Gasteiger partial charge in [-0.05, 0) is 44.6 Å². The Balaban J connectivity index is 1.80. The van der Waals surface area contributed by atoms with Crippen LogP contribution in [0.3, 0.4) is 0 Å². The smallest absolute Gasteiger partial charge is 0.254 e. The zero-order valence-corrected chi connectivity index (χ0v) is 22.0. The van der Waals surface area contributed by atoms with Gasteiger partial charge in [0.15, 0.2) is 4.21 Å². The van der Waals surface area contributed by atoms with Gasteiger partial charge in [0.25, 0.3) is 10.0 Å². The number of rotatable bonds is 13. The van der Waals surface area contributed by atoms with Gasteiger partial charge in [-0.3, -0.25) is 9.59 Å². The number of carbonyl (C=O) groups is 2. The Bertz CT molecular complexity index is 1120. The quantitative estimate of drug-likeness (QED) is 0.368. The number of nitrogens with one attached hydrogen (secondary N) is 2. The summed E-state index contributed by atoms with van der Waals surface area (Å²) in [6.07, 6.45) is 1.08. The summed E-state index contributed by atoms with van der Waals surface area (Å²) in [7, 11) is -2.35. The lowest BCUT2D eigenvalue weighted by Gasteiger charge is -2.29. The Morgan fingerprint density at radius 3 is 2.40 bits per heavy atom. The van der Waals surface area contributed by atoms with Crippen molar-refractivity contribution >= 4 is 33.2 Å². The SMILES string of the molecule is CNC(=O)CCC(=O)N[C@@H](Cc1ccccc1)[C@H](O)CN(CC1CC1)S(=O)(=O)c1sc(C)nc1C. The highest BCUT2D eigenvalue weighted by atomic mass is 32.2. The highest BCUT2D eigenvalue weighted by Crippen LogP contribution is 2.33. The molecule has 1 heterocycles. The molecule has 3 N–H and O–H groups in total. The van der Waals surface area contributed by atoms with E-state index in [1.165, 1.54) is 11.4 Å². The second-order valence-electron chi connectivity index (χ2n) is 8.98. The molecular weight excluding hydrogens is 488 g/mol. The summed E-state index contributed by atoms with van der Waals surface area (Å²) in [5.41, 5.74) is 1.35. The van der Waals surface area contributed by atoms with Crippen molar-refractivity contribution in [2.24, 2.45) is 5.92 Å². The molecule has 2 atom stereocenters. The molecule has 1 aliphatic carbocycles. The first-order valence-electron chi connectivity index (χ1n) is 11.8. The Morgan fingerprint density at radius 2 is 1.83 bits per heavy atom. The van der Waals surface area contributed by atoms with Crippen molar-refractivity contribution in [1.29, 1.82) is 0 Å². The fourth-order valence-corrected chi connectivity index (χ4v) is 7.00. The van der Waals surface area contributed by atoms with Crippen LogP contribution in [0, 0.1) is 19.8 Å². The van der Waals surface area contributed by atoms with Crippen molar-refractivity contribution < 1.29 is 23.1 Å². The van der Waals surface area contributed by atoms with Gasteiger partial charge in [-0.1, -0.05) is 30.3 Å². The Labute approximate surface area is 211 Å². The molecule has 0 radical (unpaired) electrons. The summed E-state index contributed by atoms with van der Waals surface area (Å²) in [6, 6.07) is 8.66. The van der Waals surface area contributed by atoms with Crippen LogP contribution in [-0.4, -0.2) is 66.9 Å². The van der Waals surface area contributed by atoms with Crippen LogP contribution < -0.4 is 10.6 Å². The van der Waals surface area contributed by atoms with Gasteiger partial charge in [-0.2, -0.15) is 4.31 Å². The number of nitrogens with zero attached hydrogens (tertiary/aromatic N) is 2. The van der Waals surface area contributed by atoms with Crippen LogP contribution in [-0.2, 0) is 26.0 Å². The Hall–Kier alpha value is -2.34. The van der Waals surface area contributed by atoms with E-state index < -0.39 is 22.2 Å². The number of sulfonamides is 1. The predicted molar refractivity (Wildman–Crippen MR) is 134 cm³/mol. The molecule has 9 nitrogen and oxygen atoms in total. The molecule has 1 saturated carbocycles. The van der Waals surface area contributed by atoms with Crippen LogP contribution in [0.5, 0.6) is 0 Å². The van der Waals surface area contributed by atoms with E-state index in [1.54, 1.807) is 13.8 Å². The lowest BCUT2D eigenvalue weighted by atomic mass is 10.0. The molecule has 11 heteroatoms. The first-order valence-corrected chi connectivity index (χ1v) is 14.0. The largest absolute Gasteiger partial charge is 0.390 e. The van der Waals surface area contributed by atoms with E-state index in [2.05, 4.69) is 15.6 Å². The second-order valence-corrected chi connectivity index (χ2v) is 12.3. The number of aliphatic hydroxyl groups is 1. The number of hydrogen-bond donors (Lipinski definition) is 3. The maximum atomic E-state index is 13.5. The third kappa shape index (κ3) is 7.83. The molecule has 0 unspecified atom stereocenters. The summed E-state index contributed by atoms with van der Waals surface area (Å²) in [4.78, 5) is 28.4. The van der Waals surface area contributed by atoms with Gasteiger partial charge < -0.3 is 15.7 Å². The van der Waals surface area contributed by atoms with Gasteiger partial charge in [0.1, 0.15) is 0 Å².